The lowest BCUT2D eigenvalue weighted by molar-refractivity contribution is -0.150. The molecule has 0 saturated carbocycles. The first kappa shape index (κ1) is 32.3. The predicted octanol–water partition coefficient (Wildman–Crippen LogP) is 2.34. The molecule has 1 aromatic rings. The van der Waals surface area contributed by atoms with Crippen molar-refractivity contribution in [2.24, 2.45) is 11.8 Å². The van der Waals surface area contributed by atoms with E-state index in [0.717, 1.165) is 6.42 Å². The first-order valence-corrected chi connectivity index (χ1v) is 15.5. The lowest BCUT2D eigenvalue weighted by Crippen LogP contribution is -2.61. The van der Waals surface area contributed by atoms with Gasteiger partial charge in [-0.1, -0.05) is 40.5 Å². The summed E-state index contributed by atoms with van der Waals surface area (Å²) >= 11 is 0. The second-order valence-corrected chi connectivity index (χ2v) is 12.3. The molecule has 2 bridgehead atoms. The Labute approximate surface area is 254 Å². The Morgan fingerprint density at radius 1 is 1.12 bits per heavy atom. The largest absolute Gasteiger partial charge is 0.507 e. The van der Waals surface area contributed by atoms with Crippen molar-refractivity contribution in [2.45, 2.75) is 90.1 Å². The Hall–Kier alpha value is -3.60. The van der Waals surface area contributed by atoms with Crippen LogP contribution in [0.5, 0.6) is 11.5 Å². The number of nitrogens with one attached hydrogen (secondary N) is 2. The Kier molecular flexibility index (Phi) is 10.4. The molecule has 3 N–H and O–H groups in total. The van der Waals surface area contributed by atoms with E-state index in [4.69, 9.17) is 4.74 Å². The SMILES string of the molecule is CC[C@H](C)[C@H](NC(=O)[C@H]([C@@H](C)CC)N(C)C)C(=O)N1CC[C@@H]2Oc3ccc(c(O)c3)/C=C\NC(=O)[C@@H]3CCCN3C(=O)C21. The Morgan fingerprint density at radius 2 is 1.84 bits per heavy atom. The lowest BCUT2D eigenvalue weighted by atomic mass is 9.94. The molecular weight excluding hydrogens is 550 g/mol. The van der Waals surface area contributed by atoms with Crippen LogP contribution in [-0.2, 0) is 19.2 Å². The minimum Gasteiger partial charge on any atom is -0.507 e. The van der Waals surface area contributed by atoms with Crippen LogP contribution in [-0.4, -0.2) is 101 Å². The van der Waals surface area contributed by atoms with Gasteiger partial charge in [0.25, 0.3) is 0 Å². The van der Waals surface area contributed by atoms with Crippen LogP contribution in [0.25, 0.3) is 6.08 Å². The van der Waals surface area contributed by atoms with Gasteiger partial charge in [0.05, 0.1) is 6.04 Å². The number of nitrogens with zero attached hydrogens (tertiary/aromatic N) is 3. The van der Waals surface area contributed by atoms with Crippen LogP contribution in [0.2, 0.25) is 0 Å². The molecule has 0 aromatic heterocycles. The van der Waals surface area contributed by atoms with Gasteiger partial charge in [0.1, 0.15) is 35.7 Å². The van der Waals surface area contributed by atoms with Crippen molar-refractivity contribution in [3.8, 4) is 11.5 Å². The van der Waals surface area contributed by atoms with Crippen molar-refractivity contribution in [3.05, 3.63) is 30.0 Å². The van der Waals surface area contributed by atoms with Crippen LogP contribution >= 0.6 is 0 Å². The van der Waals surface area contributed by atoms with Crippen LogP contribution in [0.1, 0.15) is 65.4 Å². The molecule has 0 radical (unpaired) electrons. The summed E-state index contributed by atoms with van der Waals surface area (Å²) in [5, 5.41) is 16.4. The number of aromatic hydroxyl groups is 1. The zero-order valence-corrected chi connectivity index (χ0v) is 26.2. The highest BCUT2D eigenvalue weighted by Crippen LogP contribution is 2.32. The molecule has 0 spiro atoms. The molecule has 11 nitrogen and oxygen atoms in total. The van der Waals surface area contributed by atoms with Gasteiger partial charge in [0.15, 0.2) is 0 Å². The fraction of sp³-hybridized carbons (Fsp3) is 0.625. The molecular formula is C32H47N5O6. The topological polar surface area (TPSA) is 132 Å². The zero-order chi connectivity index (χ0) is 31.4. The maximum absolute atomic E-state index is 14.4. The van der Waals surface area contributed by atoms with Crippen LogP contribution in [0.3, 0.4) is 0 Å². The first-order valence-electron chi connectivity index (χ1n) is 15.5. The number of fused-ring (bicyclic) bond motifs is 4. The monoisotopic (exact) mass is 597 g/mol. The number of likely N-dealkylation sites (tertiary alicyclic amines) is 1. The molecule has 1 unspecified atom stereocenters. The van der Waals surface area contributed by atoms with Crippen molar-refractivity contribution < 1.29 is 29.0 Å². The quantitative estimate of drug-likeness (QED) is 0.419. The minimum absolute atomic E-state index is 0.0346. The van der Waals surface area contributed by atoms with E-state index < -0.39 is 30.3 Å². The van der Waals surface area contributed by atoms with Gasteiger partial charge in [-0.05, 0) is 57.0 Å². The van der Waals surface area contributed by atoms with E-state index in [1.54, 1.807) is 23.1 Å². The summed E-state index contributed by atoms with van der Waals surface area (Å²) in [6, 6.07) is 1.89. The Balaban J connectivity index is 1.69. The van der Waals surface area contributed by atoms with Crippen LogP contribution < -0.4 is 15.4 Å². The van der Waals surface area contributed by atoms with Crippen molar-refractivity contribution in [2.75, 3.05) is 27.2 Å². The molecule has 4 aliphatic rings. The van der Waals surface area contributed by atoms with E-state index in [9.17, 15) is 24.3 Å². The average molecular weight is 598 g/mol. The number of ether oxygens (including phenoxy) is 1. The molecule has 2 saturated heterocycles. The number of rotatable bonds is 8. The second kappa shape index (κ2) is 13.8. The molecule has 4 amide bonds. The Bertz CT molecular complexity index is 1230. The van der Waals surface area contributed by atoms with Gasteiger partial charge in [0.2, 0.25) is 23.6 Å². The zero-order valence-electron chi connectivity index (χ0n) is 26.2. The highest BCUT2D eigenvalue weighted by atomic mass is 16.5. The van der Waals surface area contributed by atoms with Gasteiger partial charge in [-0.3, -0.25) is 24.1 Å². The summed E-state index contributed by atoms with van der Waals surface area (Å²) in [4.78, 5) is 60.3. The summed E-state index contributed by atoms with van der Waals surface area (Å²) in [6.45, 7) is 8.59. The van der Waals surface area contributed by atoms with Gasteiger partial charge in [-0.2, -0.15) is 0 Å². The van der Waals surface area contributed by atoms with Crippen LogP contribution in [0, 0.1) is 11.8 Å². The summed E-state index contributed by atoms with van der Waals surface area (Å²) in [7, 11) is 3.71. The molecule has 5 rings (SSSR count). The number of benzene rings is 1. The number of amides is 4. The normalized spacial score (nSPS) is 25.6. The number of phenolic OH excluding ortho intramolecular Hbond substituents is 1. The predicted molar refractivity (Wildman–Crippen MR) is 163 cm³/mol. The van der Waals surface area contributed by atoms with E-state index in [1.807, 2.05) is 46.7 Å². The Morgan fingerprint density at radius 3 is 2.49 bits per heavy atom. The van der Waals surface area contributed by atoms with E-state index in [2.05, 4.69) is 10.6 Å². The highest BCUT2D eigenvalue weighted by Gasteiger charge is 2.50. The maximum Gasteiger partial charge on any atom is 0.249 e. The third-order valence-electron chi connectivity index (χ3n) is 9.28. The summed E-state index contributed by atoms with van der Waals surface area (Å²) in [6.07, 6.45) is 5.34. The minimum atomic E-state index is -0.996. The van der Waals surface area contributed by atoms with Crippen LogP contribution in [0.15, 0.2) is 24.4 Å². The third-order valence-corrected chi connectivity index (χ3v) is 9.28. The van der Waals surface area contributed by atoms with Gasteiger partial charge in [-0.25, -0.2) is 0 Å². The fourth-order valence-corrected chi connectivity index (χ4v) is 6.45. The third kappa shape index (κ3) is 6.82. The van der Waals surface area contributed by atoms with E-state index in [-0.39, 0.29) is 47.8 Å². The van der Waals surface area contributed by atoms with E-state index in [0.29, 0.717) is 43.5 Å². The fourth-order valence-electron chi connectivity index (χ4n) is 6.45. The summed E-state index contributed by atoms with van der Waals surface area (Å²) in [5.74, 6) is -1.01. The first-order chi connectivity index (χ1) is 20.5. The number of carbonyl (C=O) groups is 4. The smallest absolute Gasteiger partial charge is 0.249 e. The van der Waals surface area contributed by atoms with Gasteiger partial charge in [0, 0.05) is 37.3 Å². The molecule has 43 heavy (non-hydrogen) atoms. The van der Waals surface area contributed by atoms with Crippen molar-refractivity contribution in [1.82, 2.24) is 25.3 Å². The molecule has 1 aromatic carbocycles. The number of phenols is 1. The van der Waals surface area contributed by atoms with Gasteiger partial charge in [-0.15, -0.1) is 0 Å². The second-order valence-electron chi connectivity index (χ2n) is 12.3. The molecule has 11 heteroatoms. The maximum atomic E-state index is 14.4. The number of carbonyl (C=O) groups excluding carboxylic acids is 4. The van der Waals surface area contributed by atoms with Crippen LogP contribution in [0.4, 0.5) is 0 Å². The number of likely N-dealkylation sites (N-methyl/N-ethyl adjacent to an activating group) is 1. The molecule has 0 aliphatic carbocycles. The van der Waals surface area contributed by atoms with E-state index >= 15 is 0 Å². The summed E-state index contributed by atoms with van der Waals surface area (Å²) in [5.41, 5.74) is 0.504. The standard InChI is InChI=1S/C32H47N5O6/c1-7-19(3)26(34-30(40)27(35(5)6)20(4)8-2)31(41)37-17-14-25-28(37)32(42)36-16-9-10-23(36)29(39)33-15-13-21-11-12-22(43-25)18-24(21)38/h11-13,15,18-20,23,25-28,38H,7-10,14,16-17H2,1-6H3,(H,33,39)(H,34,40)/b15-13-/t19-,20-,23-,25-,26-,27-,28?/m0/s1. The molecule has 7 atom stereocenters. The number of hydrogen-bond acceptors (Lipinski definition) is 7. The van der Waals surface area contributed by atoms with Crippen molar-refractivity contribution >= 4 is 29.7 Å². The highest BCUT2D eigenvalue weighted by molar-refractivity contribution is 5.96. The molecule has 4 heterocycles. The van der Waals surface area contributed by atoms with Gasteiger partial charge < -0.3 is 30.3 Å². The molecule has 2 fully saturated rings. The molecule has 4 aliphatic heterocycles. The molecule has 236 valence electrons. The van der Waals surface area contributed by atoms with Gasteiger partial charge >= 0.3 is 0 Å². The van der Waals surface area contributed by atoms with Crippen molar-refractivity contribution in [1.29, 1.82) is 0 Å². The average Bonchev–Trinajstić information content (AvgIpc) is 3.63. The van der Waals surface area contributed by atoms with E-state index in [1.165, 1.54) is 17.2 Å². The number of hydrogen-bond donors (Lipinski definition) is 3. The lowest BCUT2D eigenvalue weighted by Gasteiger charge is -2.36. The summed E-state index contributed by atoms with van der Waals surface area (Å²) < 4.78 is 6.29. The van der Waals surface area contributed by atoms with Crippen molar-refractivity contribution in [3.63, 3.8) is 0 Å².